The van der Waals surface area contributed by atoms with Crippen LogP contribution in [0.25, 0.3) is 0 Å². The van der Waals surface area contributed by atoms with Gasteiger partial charge in [0.25, 0.3) is 0 Å². The summed E-state index contributed by atoms with van der Waals surface area (Å²) in [5.74, 6) is -0.907. The lowest BCUT2D eigenvalue weighted by Gasteiger charge is -2.19. The maximum absolute atomic E-state index is 12.5. The number of nitrogens with two attached hydrogens (primary N) is 1. The van der Waals surface area contributed by atoms with E-state index in [-0.39, 0.29) is 32.6 Å². The van der Waals surface area contributed by atoms with E-state index in [4.69, 9.17) is 24.3 Å². The van der Waals surface area contributed by atoms with Gasteiger partial charge in [0, 0.05) is 19.4 Å². The van der Waals surface area contributed by atoms with Crippen LogP contribution in [0.3, 0.4) is 0 Å². The smallest absolute Gasteiger partial charge is 0.462 e. The highest BCUT2D eigenvalue weighted by atomic mass is 31.2. The average molecular weight is 760 g/mol. The molecule has 0 rings (SSSR count). The van der Waals surface area contributed by atoms with Crippen LogP contribution in [0.5, 0.6) is 0 Å². The minimum atomic E-state index is -4.38. The minimum Gasteiger partial charge on any atom is -0.462 e. The summed E-state index contributed by atoms with van der Waals surface area (Å²) in [7, 11) is -4.38. The van der Waals surface area contributed by atoms with Crippen LogP contribution in [0.1, 0.15) is 129 Å². The summed E-state index contributed by atoms with van der Waals surface area (Å²) < 4.78 is 32.4. The highest BCUT2D eigenvalue weighted by Crippen LogP contribution is 2.43. The molecule has 0 aromatic heterocycles. The molecule has 0 aromatic rings. The van der Waals surface area contributed by atoms with Crippen LogP contribution in [0.2, 0.25) is 0 Å². The topological polar surface area (TPSA) is 134 Å². The zero-order valence-corrected chi connectivity index (χ0v) is 33.6. The summed E-state index contributed by atoms with van der Waals surface area (Å²) in [6, 6.07) is 0. The highest BCUT2D eigenvalue weighted by Gasteiger charge is 2.25. The first kappa shape index (κ1) is 49.9. The van der Waals surface area contributed by atoms with Crippen LogP contribution >= 0.6 is 7.82 Å². The Hall–Kier alpha value is -3.07. The number of esters is 2. The first-order chi connectivity index (χ1) is 25.8. The van der Waals surface area contributed by atoms with Gasteiger partial charge in [-0.3, -0.25) is 18.6 Å². The van der Waals surface area contributed by atoms with E-state index in [0.29, 0.717) is 12.8 Å². The predicted octanol–water partition coefficient (Wildman–Crippen LogP) is 11.0. The van der Waals surface area contributed by atoms with Crippen LogP contribution < -0.4 is 5.73 Å². The normalized spacial score (nSPS) is 14.4. The molecule has 0 saturated carbocycles. The number of unbranched alkanes of at least 4 members (excludes halogenated alkanes) is 6. The molecule has 2 unspecified atom stereocenters. The molecular weight excluding hydrogens is 689 g/mol. The van der Waals surface area contributed by atoms with Crippen molar-refractivity contribution in [2.75, 3.05) is 26.4 Å². The molecule has 0 heterocycles. The molecule has 0 amide bonds. The number of hydrogen-bond donors (Lipinski definition) is 2. The van der Waals surface area contributed by atoms with Gasteiger partial charge in [-0.1, -0.05) is 137 Å². The lowest BCUT2D eigenvalue weighted by Crippen LogP contribution is -2.29. The molecule has 0 bridgehead atoms. The molecule has 2 atom stereocenters. The molecule has 10 heteroatoms. The van der Waals surface area contributed by atoms with Crippen LogP contribution in [0.4, 0.5) is 0 Å². The Bertz CT molecular complexity index is 1180. The third-order valence-electron chi connectivity index (χ3n) is 7.48. The van der Waals surface area contributed by atoms with Gasteiger partial charge in [-0.2, -0.15) is 0 Å². The molecule has 300 valence electrons. The number of hydrogen-bond acceptors (Lipinski definition) is 8. The van der Waals surface area contributed by atoms with Gasteiger partial charge in [-0.25, -0.2) is 4.57 Å². The van der Waals surface area contributed by atoms with E-state index in [1.807, 2.05) is 0 Å². The first-order valence-electron chi connectivity index (χ1n) is 19.7. The molecule has 0 spiro atoms. The lowest BCUT2D eigenvalue weighted by molar-refractivity contribution is -0.161. The molecule has 3 N–H and O–H groups in total. The van der Waals surface area contributed by atoms with E-state index in [1.54, 1.807) is 0 Å². The molecule has 0 radical (unpaired) electrons. The fraction of sp³-hybridized carbons (Fsp3) is 0.581. The van der Waals surface area contributed by atoms with E-state index in [1.165, 1.54) is 0 Å². The minimum absolute atomic E-state index is 0.0408. The fourth-order valence-corrected chi connectivity index (χ4v) is 5.35. The second-order valence-corrected chi connectivity index (χ2v) is 13.9. The van der Waals surface area contributed by atoms with E-state index >= 15 is 0 Å². The molecule has 9 nitrogen and oxygen atoms in total. The van der Waals surface area contributed by atoms with Crippen molar-refractivity contribution in [2.24, 2.45) is 5.73 Å². The molecule has 0 aromatic carbocycles. The molecule has 0 fully saturated rings. The first-order valence-corrected chi connectivity index (χ1v) is 21.2. The average Bonchev–Trinajstić information content (AvgIpc) is 3.14. The Labute approximate surface area is 321 Å². The second-order valence-electron chi connectivity index (χ2n) is 12.4. The third kappa shape index (κ3) is 38.5. The molecule has 0 aliphatic carbocycles. The number of rotatable bonds is 35. The zero-order valence-electron chi connectivity index (χ0n) is 32.7. The number of phosphoric acid groups is 1. The number of phosphoric ester groups is 1. The van der Waals surface area contributed by atoms with E-state index < -0.39 is 32.5 Å². The van der Waals surface area contributed by atoms with Gasteiger partial charge in [0.05, 0.1) is 13.2 Å². The zero-order chi connectivity index (χ0) is 38.9. The Kier molecular flexibility index (Phi) is 36.4. The van der Waals surface area contributed by atoms with E-state index in [0.717, 1.165) is 89.9 Å². The summed E-state index contributed by atoms with van der Waals surface area (Å²) in [5, 5.41) is 0. The third-order valence-corrected chi connectivity index (χ3v) is 8.47. The quantitative estimate of drug-likeness (QED) is 0.0280. The van der Waals surface area contributed by atoms with Crippen molar-refractivity contribution in [3.8, 4) is 0 Å². The van der Waals surface area contributed by atoms with Gasteiger partial charge in [0.2, 0.25) is 0 Å². The largest absolute Gasteiger partial charge is 0.472 e. The van der Waals surface area contributed by atoms with Crippen molar-refractivity contribution in [1.29, 1.82) is 0 Å². The molecule has 53 heavy (non-hydrogen) atoms. The second kappa shape index (κ2) is 38.6. The standard InChI is InChI=1S/C43H70NO8P/c1-3-5-7-9-10-11-12-13-14-15-16-17-18-19-20-21-22-23-24-25-26-27-28-29-30-32-34-36-43(46)52-41(40-51-53(47,48)50-38-37-44)39-49-42(45)35-33-31-8-6-4-2/h5,7,10-11,13-14,16-17,19-20,22-23,25-26,28-29,41H,3-4,6,8-9,12,15,18,21,24,27,30-40,44H2,1-2H3,(H,47,48)/b7-5-,11-10-,14-13-,17-16-,20-19-,23-22-,26-25-,29-28-. The summed E-state index contributed by atoms with van der Waals surface area (Å²) >= 11 is 0. The molecule has 0 aliphatic heterocycles. The SMILES string of the molecule is CC/C=C\C/C=C\C/C=C\C/C=C\C/C=C\C/C=C\C/C=C\C/C=C\CCCCC(=O)OC(COC(=O)CCCCCCC)COP(=O)(O)OCCN. The maximum Gasteiger partial charge on any atom is 0.472 e. The van der Waals surface area contributed by atoms with Gasteiger partial charge >= 0.3 is 19.8 Å². The number of allylic oxidation sites excluding steroid dienone is 16. The van der Waals surface area contributed by atoms with Crippen molar-refractivity contribution in [3.63, 3.8) is 0 Å². The number of carbonyl (C=O) groups excluding carboxylic acids is 2. The summed E-state index contributed by atoms with van der Waals surface area (Å²) in [6.45, 7) is 3.42. The van der Waals surface area contributed by atoms with Crippen molar-refractivity contribution in [3.05, 3.63) is 97.2 Å². The van der Waals surface area contributed by atoms with Crippen LogP contribution in [-0.4, -0.2) is 49.3 Å². The van der Waals surface area contributed by atoms with Crippen molar-refractivity contribution in [2.45, 2.75) is 136 Å². The Morgan fingerprint density at radius 1 is 0.585 bits per heavy atom. The molecule has 0 saturated heterocycles. The Balaban J connectivity index is 4.16. The van der Waals surface area contributed by atoms with Crippen LogP contribution in [0.15, 0.2) is 97.2 Å². The summed E-state index contributed by atoms with van der Waals surface area (Å²) in [4.78, 5) is 34.4. The Morgan fingerprint density at radius 2 is 1.04 bits per heavy atom. The van der Waals surface area contributed by atoms with Gasteiger partial charge < -0.3 is 20.1 Å². The van der Waals surface area contributed by atoms with Gasteiger partial charge in [-0.05, 0) is 77.0 Å². The van der Waals surface area contributed by atoms with E-state index in [2.05, 4.69) is 111 Å². The number of ether oxygens (including phenoxy) is 2. The van der Waals surface area contributed by atoms with Gasteiger partial charge in [0.15, 0.2) is 6.10 Å². The van der Waals surface area contributed by atoms with Crippen molar-refractivity contribution >= 4 is 19.8 Å². The summed E-state index contributed by atoms with van der Waals surface area (Å²) in [6.07, 6.45) is 49.2. The van der Waals surface area contributed by atoms with Crippen molar-refractivity contribution < 1.29 is 37.6 Å². The van der Waals surface area contributed by atoms with Crippen LogP contribution in [0, 0.1) is 0 Å². The fourth-order valence-electron chi connectivity index (χ4n) is 4.59. The van der Waals surface area contributed by atoms with Crippen molar-refractivity contribution in [1.82, 2.24) is 0 Å². The highest BCUT2D eigenvalue weighted by molar-refractivity contribution is 7.47. The van der Waals surface area contributed by atoms with E-state index in [9.17, 15) is 19.0 Å². The maximum atomic E-state index is 12.5. The summed E-state index contributed by atoms with van der Waals surface area (Å²) in [5.41, 5.74) is 5.31. The van der Waals surface area contributed by atoms with Gasteiger partial charge in [-0.15, -0.1) is 0 Å². The molecule has 0 aliphatic rings. The predicted molar refractivity (Wildman–Crippen MR) is 219 cm³/mol. The molecular formula is C43H70NO8P. The van der Waals surface area contributed by atoms with Crippen LogP contribution in [-0.2, 0) is 32.7 Å². The monoisotopic (exact) mass is 759 g/mol. The van der Waals surface area contributed by atoms with Gasteiger partial charge in [0.1, 0.15) is 6.61 Å². The number of carbonyl (C=O) groups is 2. The lowest BCUT2D eigenvalue weighted by atomic mass is 10.1. The Morgan fingerprint density at radius 3 is 1.53 bits per heavy atom.